The SMILES string of the molecule is NC(=O)C(OS(=O)O)c1ccc(F)cc1F. The molecular weight excluding hydrogens is 244 g/mol. The van der Waals surface area contributed by atoms with E-state index in [1.165, 1.54) is 0 Å². The Bertz CT molecular complexity index is 440. The third-order valence-corrected chi connectivity index (χ3v) is 2.04. The van der Waals surface area contributed by atoms with Crippen molar-refractivity contribution < 1.29 is 26.5 Å². The first kappa shape index (κ1) is 12.7. The van der Waals surface area contributed by atoms with Crippen molar-refractivity contribution >= 4 is 17.3 Å². The summed E-state index contributed by atoms with van der Waals surface area (Å²) in [7, 11) is 0. The molecule has 2 atom stereocenters. The van der Waals surface area contributed by atoms with E-state index >= 15 is 0 Å². The molecule has 16 heavy (non-hydrogen) atoms. The zero-order valence-corrected chi connectivity index (χ0v) is 8.54. The molecule has 88 valence electrons. The van der Waals surface area contributed by atoms with Gasteiger partial charge in [-0.15, -0.1) is 0 Å². The molecule has 0 fully saturated rings. The zero-order valence-electron chi connectivity index (χ0n) is 7.72. The van der Waals surface area contributed by atoms with E-state index in [1.54, 1.807) is 0 Å². The Hall–Kier alpha value is -1.38. The lowest BCUT2D eigenvalue weighted by Gasteiger charge is -2.12. The third-order valence-electron chi connectivity index (χ3n) is 1.68. The maximum Gasteiger partial charge on any atom is 0.303 e. The van der Waals surface area contributed by atoms with Crippen LogP contribution in [0.25, 0.3) is 0 Å². The lowest BCUT2D eigenvalue weighted by Crippen LogP contribution is -2.25. The van der Waals surface area contributed by atoms with Crippen molar-refractivity contribution in [2.75, 3.05) is 0 Å². The molecule has 1 aromatic carbocycles. The number of primary amides is 1. The maximum atomic E-state index is 13.2. The zero-order chi connectivity index (χ0) is 12.3. The summed E-state index contributed by atoms with van der Waals surface area (Å²) in [5.74, 6) is -3.10. The molecule has 0 aliphatic heterocycles. The molecular formula is C8H7F2NO4S. The predicted molar refractivity (Wildman–Crippen MR) is 50.1 cm³/mol. The third kappa shape index (κ3) is 3.05. The minimum Gasteiger partial charge on any atom is -0.367 e. The summed E-state index contributed by atoms with van der Waals surface area (Å²) >= 11 is -2.79. The lowest BCUT2D eigenvalue weighted by atomic mass is 10.1. The summed E-state index contributed by atoms with van der Waals surface area (Å²) in [6, 6.07) is 2.29. The minimum absolute atomic E-state index is 0.406. The van der Waals surface area contributed by atoms with Crippen LogP contribution in [0.15, 0.2) is 18.2 Å². The quantitative estimate of drug-likeness (QED) is 0.768. The second kappa shape index (κ2) is 5.10. The normalized spacial score (nSPS) is 14.4. The van der Waals surface area contributed by atoms with Gasteiger partial charge in [-0.1, -0.05) is 0 Å². The molecule has 0 aliphatic carbocycles. The number of rotatable bonds is 4. The van der Waals surface area contributed by atoms with Gasteiger partial charge in [0.2, 0.25) is 0 Å². The van der Waals surface area contributed by atoms with Crippen LogP contribution in [0.2, 0.25) is 0 Å². The number of nitrogens with two attached hydrogens (primary N) is 1. The molecule has 0 radical (unpaired) electrons. The highest BCUT2D eigenvalue weighted by atomic mass is 32.2. The molecule has 0 aliphatic rings. The molecule has 8 heteroatoms. The van der Waals surface area contributed by atoms with E-state index in [0.717, 1.165) is 12.1 Å². The van der Waals surface area contributed by atoms with Gasteiger partial charge in [0.25, 0.3) is 5.91 Å². The molecule has 3 N–H and O–H groups in total. The summed E-state index contributed by atoms with van der Waals surface area (Å²) in [4.78, 5) is 10.9. The number of carbonyl (C=O) groups is 1. The fraction of sp³-hybridized carbons (Fsp3) is 0.125. The second-order valence-corrected chi connectivity index (χ2v) is 3.39. The number of hydrogen-bond donors (Lipinski definition) is 2. The number of carbonyl (C=O) groups excluding carboxylic acids is 1. The van der Waals surface area contributed by atoms with E-state index in [2.05, 4.69) is 4.18 Å². The number of amides is 1. The Morgan fingerprint density at radius 3 is 2.56 bits per heavy atom. The molecule has 0 aromatic heterocycles. The molecule has 5 nitrogen and oxygen atoms in total. The Balaban J connectivity index is 3.10. The molecule has 1 amide bonds. The topological polar surface area (TPSA) is 89.6 Å². The summed E-state index contributed by atoms with van der Waals surface area (Å²) in [6.45, 7) is 0. The summed E-state index contributed by atoms with van der Waals surface area (Å²) in [5.41, 5.74) is 4.45. The maximum absolute atomic E-state index is 13.2. The number of hydrogen-bond acceptors (Lipinski definition) is 3. The van der Waals surface area contributed by atoms with Crippen molar-refractivity contribution in [2.24, 2.45) is 5.73 Å². The molecule has 1 rings (SSSR count). The first-order valence-electron chi connectivity index (χ1n) is 3.94. The van der Waals surface area contributed by atoms with Gasteiger partial charge in [-0.25, -0.2) is 8.78 Å². The van der Waals surface area contributed by atoms with Crippen LogP contribution in [0.1, 0.15) is 11.7 Å². The van der Waals surface area contributed by atoms with Crippen molar-refractivity contribution in [3.63, 3.8) is 0 Å². The standard InChI is InChI=1S/C8H7F2NO4S/c9-4-1-2-5(6(10)3-4)7(8(11)12)15-16(13)14/h1-3,7H,(H2,11,12)(H,13,14). The average Bonchev–Trinajstić information content (AvgIpc) is 2.14. The Morgan fingerprint density at radius 2 is 2.12 bits per heavy atom. The van der Waals surface area contributed by atoms with Crippen LogP contribution in [0.5, 0.6) is 0 Å². The monoisotopic (exact) mass is 251 g/mol. The summed E-state index contributed by atoms with van der Waals surface area (Å²) in [6.07, 6.45) is -1.74. The fourth-order valence-electron chi connectivity index (χ4n) is 1.05. The molecule has 0 saturated heterocycles. The van der Waals surface area contributed by atoms with Crippen molar-refractivity contribution in [2.45, 2.75) is 6.10 Å². The molecule has 1 aromatic rings. The van der Waals surface area contributed by atoms with Crippen LogP contribution in [0, 0.1) is 11.6 Å². The molecule has 0 saturated carbocycles. The Morgan fingerprint density at radius 1 is 1.50 bits per heavy atom. The fourth-order valence-corrected chi connectivity index (χ4v) is 1.41. The van der Waals surface area contributed by atoms with Gasteiger partial charge in [-0.2, -0.15) is 4.21 Å². The van der Waals surface area contributed by atoms with E-state index in [0.29, 0.717) is 6.07 Å². The van der Waals surface area contributed by atoms with Crippen molar-refractivity contribution in [3.05, 3.63) is 35.4 Å². The predicted octanol–water partition coefficient (Wildman–Crippen LogP) is 0.644. The average molecular weight is 251 g/mol. The van der Waals surface area contributed by atoms with E-state index in [1.807, 2.05) is 0 Å². The minimum atomic E-state index is -2.79. The van der Waals surface area contributed by atoms with Gasteiger partial charge >= 0.3 is 11.4 Å². The number of halogens is 2. The molecule has 2 unspecified atom stereocenters. The van der Waals surface area contributed by atoms with Gasteiger partial charge in [0.15, 0.2) is 6.10 Å². The highest BCUT2D eigenvalue weighted by molar-refractivity contribution is 7.74. The Kier molecular flexibility index (Phi) is 4.05. The second-order valence-electron chi connectivity index (χ2n) is 2.76. The van der Waals surface area contributed by atoms with Gasteiger partial charge in [0.1, 0.15) is 11.6 Å². The smallest absolute Gasteiger partial charge is 0.303 e. The molecule has 0 heterocycles. The van der Waals surface area contributed by atoms with Gasteiger partial charge in [-0.3, -0.25) is 13.5 Å². The van der Waals surface area contributed by atoms with Crippen molar-refractivity contribution in [1.29, 1.82) is 0 Å². The van der Waals surface area contributed by atoms with Gasteiger partial charge in [0.05, 0.1) is 0 Å². The summed E-state index contributed by atoms with van der Waals surface area (Å²) in [5, 5.41) is 0. The van der Waals surface area contributed by atoms with Crippen molar-refractivity contribution in [1.82, 2.24) is 0 Å². The highest BCUT2D eigenvalue weighted by Crippen LogP contribution is 2.21. The van der Waals surface area contributed by atoms with Crippen LogP contribution < -0.4 is 5.73 Å². The highest BCUT2D eigenvalue weighted by Gasteiger charge is 2.24. The van der Waals surface area contributed by atoms with Crippen LogP contribution in [-0.2, 0) is 20.3 Å². The lowest BCUT2D eigenvalue weighted by molar-refractivity contribution is -0.125. The van der Waals surface area contributed by atoms with Crippen molar-refractivity contribution in [3.8, 4) is 0 Å². The molecule has 0 bridgehead atoms. The Labute approximate surface area is 91.7 Å². The molecule has 0 spiro atoms. The van der Waals surface area contributed by atoms with Gasteiger partial charge < -0.3 is 5.73 Å². The van der Waals surface area contributed by atoms with Gasteiger partial charge in [-0.05, 0) is 12.1 Å². The first-order valence-corrected chi connectivity index (χ1v) is 4.97. The largest absolute Gasteiger partial charge is 0.367 e. The van der Waals surface area contributed by atoms with E-state index in [4.69, 9.17) is 10.3 Å². The van der Waals surface area contributed by atoms with Crippen LogP contribution in [-0.4, -0.2) is 14.7 Å². The van der Waals surface area contributed by atoms with E-state index in [-0.39, 0.29) is 0 Å². The number of benzene rings is 1. The van der Waals surface area contributed by atoms with E-state index in [9.17, 15) is 17.8 Å². The van der Waals surface area contributed by atoms with Crippen LogP contribution in [0.3, 0.4) is 0 Å². The summed E-state index contributed by atoms with van der Waals surface area (Å²) < 4.78 is 48.8. The van der Waals surface area contributed by atoms with Gasteiger partial charge in [0, 0.05) is 11.6 Å². The van der Waals surface area contributed by atoms with Crippen LogP contribution in [0.4, 0.5) is 8.78 Å². The first-order chi connectivity index (χ1) is 7.41. The van der Waals surface area contributed by atoms with Crippen LogP contribution >= 0.6 is 0 Å². The van der Waals surface area contributed by atoms with E-state index < -0.39 is 40.6 Å².